The van der Waals surface area contributed by atoms with Crippen LogP contribution in [0.25, 0.3) is 0 Å². The van der Waals surface area contributed by atoms with E-state index in [0.29, 0.717) is 11.6 Å². The summed E-state index contributed by atoms with van der Waals surface area (Å²) in [5.41, 5.74) is -0.473. The highest BCUT2D eigenvalue weighted by Crippen LogP contribution is 2.37. The van der Waals surface area contributed by atoms with Crippen LogP contribution in [0, 0.1) is 5.82 Å². The van der Waals surface area contributed by atoms with Crippen LogP contribution in [0.3, 0.4) is 0 Å². The molecule has 0 spiro atoms. The quantitative estimate of drug-likeness (QED) is 0.709. The van der Waals surface area contributed by atoms with Crippen molar-refractivity contribution in [2.45, 2.75) is 45.0 Å². The third-order valence-corrected chi connectivity index (χ3v) is 5.51. The van der Waals surface area contributed by atoms with E-state index in [9.17, 15) is 9.18 Å². The van der Waals surface area contributed by atoms with Gasteiger partial charge in [-0.25, -0.2) is 9.18 Å². The van der Waals surface area contributed by atoms with Gasteiger partial charge in [-0.2, -0.15) is 0 Å². The summed E-state index contributed by atoms with van der Waals surface area (Å²) >= 11 is 0. The predicted molar refractivity (Wildman–Crippen MR) is 102 cm³/mol. The van der Waals surface area contributed by atoms with Crippen LogP contribution in [0.2, 0.25) is 0 Å². The fourth-order valence-corrected chi connectivity index (χ4v) is 3.12. The molecule has 0 saturated carbocycles. The largest absolute Gasteiger partial charge is 0.497 e. The number of benzene rings is 1. The average molecular weight is 404 g/mol. The summed E-state index contributed by atoms with van der Waals surface area (Å²) in [6, 6.07) is 6.05. The van der Waals surface area contributed by atoms with Crippen LogP contribution in [-0.2, 0) is 14.0 Å². The molecular formula is C19H22BFN2O6. The molecule has 2 aliphatic heterocycles. The van der Waals surface area contributed by atoms with E-state index in [4.69, 9.17) is 18.8 Å². The predicted octanol–water partition coefficient (Wildman–Crippen LogP) is 2.52. The summed E-state index contributed by atoms with van der Waals surface area (Å²) in [5, 5.41) is 3.63. The molecule has 0 radical (unpaired) electrons. The summed E-state index contributed by atoms with van der Waals surface area (Å²) in [7, 11) is -0.816. The number of carbonyl (C=O) groups is 1. The first-order valence-electron chi connectivity index (χ1n) is 9.33. The molecule has 0 bridgehead atoms. The molecule has 0 unspecified atom stereocenters. The minimum absolute atomic E-state index is 0.114. The van der Waals surface area contributed by atoms with Crippen molar-refractivity contribution < 1.29 is 32.5 Å². The van der Waals surface area contributed by atoms with Gasteiger partial charge in [0.15, 0.2) is 6.10 Å². The summed E-state index contributed by atoms with van der Waals surface area (Å²) in [6.07, 6.45) is 0.304. The van der Waals surface area contributed by atoms with Gasteiger partial charge >= 0.3 is 13.2 Å². The summed E-state index contributed by atoms with van der Waals surface area (Å²) in [4.78, 5) is 13.6. The standard InChI is InChI=1S/C19H22BFN2O6/c1-18(2)19(3,4)29-20(28-18)14-6-5-12(9-15(14)21)23-10-13(27-17(23)24)11-25-16-7-8-26-22-16/h5-9,13H,10-11H2,1-4H3/t13-/m1/s1. The van der Waals surface area contributed by atoms with E-state index in [1.807, 2.05) is 27.7 Å². The van der Waals surface area contributed by atoms with Gasteiger partial charge in [0.05, 0.1) is 23.4 Å². The first-order valence-corrected chi connectivity index (χ1v) is 9.33. The summed E-state index contributed by atoms with van der Waals surface area (Å²) in [6.45, 7) is 7.96. The van der Waals surface area contributed by atoms with Crippen molar-refractivity contribution in [2.75, 3.05) is 18.1 Å². The third kappa shape index (κ3) is 3.69. The molecule has 1 aromatic carbocycles. The molecule has 2 aromatic rings. The number of hydrogen-bond acceptors (Lipinski definition) is 7. The molecule has 3 heterocycles. The first kappa shape index (κ1) is 19.7. The Labute approximate surface area is 168 Å². The van der Waals surface area contributed by atoms with Gasteiger partial charge in [0.1, 0.15) is 18.7 Å². The fraction of sp³-hybridized carbons (Fsp3) is 0.474. The minimum atomic E-state index is -0.816. The molecule has 2 fully saturated rings. The molecule has 154 valence electrons. The maximum absolute atomic E-state index is 14.8. The lowest BCUT2D eigenvalue weighted by Gasteiger charge is -2.32. The second-order valence-electron chi connectivity index (χ2n) is 8.06. The molecule has 1 amide bonds. The van der Waals surface area contributed by atoms with E-state index >= 15 is 0 Å². The molecule has 1 aromatic heterocycles. The Bertz CT molecular complexity index is 888. The van der Waals surface area contributed by atoms with Crippen molar-refractivity contribution in [2.24, 2.45) is 0 Å². The van der Waals surface area contributed by atoms with Crippen molar-refractivity contribution >= 4 is 24.4 Å². The molecular weight excluding hydrogens is 382 g/mol. The van der Waals surface area contributed by atoms with Crippen LogP contribution in [-0.4, -0.2) is 48.8 Å². The van der Waals surface area contributed by atoms with E-state index in [0.717, 1.165) is 0 Å². The van der Waals surface area contributed by atoms with Crippen LogP contribution in [0.5, 0.6) is 5.88 Å². The Balaban J connectivity index is 1.45. The Morgan fingerprint density at radius 3 is 2.59 bits per heavy atom. The normalized spacial score (nSPS) is 22.8. The Morgan fingerprint density at radius 2 is 1.97 bits per heavy atom. The van der Waals surface area contributed by atoms with Gasteiger partial charge < -0.3 is 23.3 Å². The molecule has 8 nitrogen and oxygen atoms in total. The van der Waals surface area contributed by atoms with Crippen molar-refractivity contribution in [1.29, 1.82) is 0 Å². The van der Waals surface area contributed by atoms with Crippen LogP contribution in [0.1, 0.15) is 27.7 Å². The van der Waals surface area contributed by atoms with Crippen LogP contribution in [0.15, 0.2) is 35.1 Å². The Morgan fingerprint density at radius 1 is 1.24 bits per heavy atom. The van der Waals surface area contributed by atoms with Gasteiger partial charge in [0.2, 0.25) is 0 Å². The van der Waals surface area contributed by atoms with E-state index < -0.39 is 36.3 Å². The number of nitrogens with zero attached hydrogens (tertiary/aromatic N) is 2. The van der Waals surface area contributed by atoms with E-state index in [-0.39, 0.29) is 18.6 Å². The zero-order valence-corrected chi connectivity index (χ0v) is 16.7. The SMILES string of the molecule is CC1(C)OB(c2ccc(N3C[C@H](COc4ccon4)OC3=O)cc2F)OC1(C)C. The van der Waals surface area contributed by atoms with Crippen molar-refractivity contribution in [3.05, 3.63) is 36.3 Å². The van der Waals surface area contributed by atoms with Gasteiger partial charge in [-0.3, -0.25) is 4.90 Å². The molecule has 10 heteroatoms. The maximum Gasteiger partial charge on any atom is 0.497 e. The number of carbonyl (C=O) groups excluding carboxylic acids is 1. The van der Waals surface area contributed by atoms with E-state index in [2.05, 4.69) is 9.68 Å². The average Bonchev–Trinajstić information content (AvgIpc) is 3.32. The zero-order valence-electron chi connectivity index (χ0n) is 16.7. The number of ether oxygens (including phenoxy) is 2. The highest BCUT2D eigenvalue weighted by Gasteiger charge is 2.52. The Hall–Kier alpha value is -2.59. The lowest BCUT2D eigenvalue weighted by atomic mass is 9.78. The van der Waals surface area contributed by atoms with Gasteiger partial charge in [0, 0.05) is 11.5 Å². The Kier molecular flexibility index (Phi) is 4.78. The summed E-state index contributed by atoms with van der Waals surface area (Å²) < 4.78 is 42.0. The van der Waals surface area contributed by atoms with Crippen molar-refractivity contribution in [3.8, 4) is 5.88 Å². The van der Waals surface area contributed by atoms with Crippen LogP contribution >= 0.6 is 0 Å². The minimum Gasteiger partial charge on any atom is -0.471 e. The molecule has 2 saturated heterocycles. The van der Waals surface area contributed by atoms with Crippen LogP contribution < -0.4 is 15.1 Å². The number of hydrogen-bond donors (Lipinski definition) is 0. The molecule has 1 atom stereocenters. The highest BCUT2D eigenvalue weighted by molar-refractivity contribution is 6.62. The molecule has 4 rings (SSSR count). The van der Waals surface area contributed by atoms with Crippen molar-refractivity contribution in [1.82, 2.24) is 5.16 Å². The van der Waals surface area contributed by atoms with Gasteiger partial charge in [-0.05, 0) is 45.0 Å². The monoisotopic (exact) mass is 404 g/mol. The summed E-state index contributed by atoms with van der Waals surface area (Å²) in [5.74, 6) is -0.214. The topological polar surface area (TPSA) is 83.3 Å². The number of rotatable bonds is 5. The second kappa shape index (κ2) is 7.03. The second-order valence-corrected chi connectivity index (χ2v) is 8.06. The molecule has 29 heavy (non-hydrogen) atoms. The highest BCUT2D eigenvalue weighted by atomic mass is 19.1. The first-order chi connectivity index (χ1) is 13.7. The molecule has 2 aliphatic rings. The number of amides is 1. The van der Waals surface area contributed by atoms with Gasteiger partial charge in [-0.1, -0.05) is 6.07 Å². The van der Waals surface area contributed by atoms with Gasteiger partial charge in [0.25, 0.3) is 5.88 Å². The molecule has 0 N–H and O–H groups in total. The fourth-order valence-electron chi connectivity index (χ4n) is 3.12. The van der Waals surface area contributed by atoms with Gasteiger partial charge in [-0.15, -0.1) is 0 Å². The number of halogens is 1. The smallest absolute Gasteiger partial charge is 0.471 e. The van der Waals surface area contributed by atoms with E-state index in [1.54, 1.807) is 18.2 Å². The van der Waals surface area contributed by atoms with Crippen LogP contribution in [0.4, 0.5) is 14.9 Å². The number of anilines is 1. The maximum atomic E-state index is 14.8. The molecule has 0 aliphatic carbocycles. The lowest BCUT2D eigenvalue weighted by Crippen LogP contribution is -2.41. The third-order valence-electron chi connectivity index (χ3n) is 5.51. The number of cyclic esters (lactones) is 1. The number of aromatic nitrogens is 1. The lowest BCUT2D eigenvalue weighted by molar-refractivity contribution is 0.00578. The van der Waals surface area contributed by atoms with Crippen molar-refractivity contribution in [3.63, 3.8) is 0 Å². The zero-order chi connectivity index (χ0) is 20.8. The van der Waals surface area contributed by atoms with E-state index in [1.165, 1.54) is 17.2 Å².